The molecule has 1 heterocycles. The summed E-state index contributed by atoms with van der Waals surface area (Å²) in [5.41, 5.74) is 6.63. The van der Waals surface area contributed by atoms with Crippen LogP contribution in [0.1, 0.15) is 40.5 Å². The molecule has 1 rings (SSSR count). The van der Waals surface area contributed by atoms with Crippen molar-refractivity contribution in [3.8, 4) is 0 Å². The first-order chi connectivity index (χ1) is 8.49. The van der Waals surface area contributed by atoms with Gasteiger partial charge in [-0.1, -0.05) is 27.7 Å². The Balaban J connectivity index is 2.69. The van der Waals surface area contributed by atoms with Gasteiger partial charge < -0.3 is 10.6 Å². The van der Waals surface area contributed by atoms with Crippen molar-refractivity contribution < 1.29 is 0 Å². The van der Waals surface area contributed by atoms with Crippen molar-refractivity contribution in [2.45, 2.75) is 40.5 Å². The Labute approximate surface area is 111 Å². The molecule has 0 radical (unpaired) electrons. The van der Waals surface area contributed by atoms with E-state index < -0.39 is 0 Å². The molecule has 2 N–H and O–H groups in total. The zero-order chi connectivity index (χ0) is 13.5. The normalized spacial score (nSPS) is 11.2. The summed E-state index contributed by atoms with van der Waals surface area (Å²) in [6.07, 6.45) is 4.17. The molecule has 0 aliphatic heterocycles. The van der Waals surface area contributed by atoms with Crippen LogP contribution in [0.25, 0.3) is 0 Å². The summed E-state index contributed by atoms with van der Waals surface area (Å²) in [6.45, 7) is 11.1. The molecule has 0 spiro atoms. The molecule has 0 amide bonds. The Morgan fingerprint density at radius 1 is 1.11 bits per heavy atom. The van der Waals surface area contributed by atoms with Crippen LogP contribution in [0, 0.1) is 11.8 Å². The number of nitrogens with two attached hydrogens (primary N) is 1. The maximum absolute atomic E-state index is 5.84. The van der Waals surface area contributed by atoms with Gasteiger partial charge in [0.2, 0.25) is 0 Å². The Morgan fingerprint density at radius 3 is 2.11 bits per heavy atom. The average molecular weight is 249 g/mol. The van der Waals surface area contributed by atoms with E-state index in [9.17, 15) is 0 Å². The van der Waals surface area contributed by atoms with Gasteiger partial charge in [0.25, 0.3) is 0 Å². The van der Waals surface area contributed by atoms with Gasteiger partial charge in [-0.3, -0.25) is 0 Å². The van der Waals surface area contributed by atoms with E-state index in [4.69, 9.17) is 5.73 Å². The Morgan fingerprint density at radius 2 is 1.67 bits per heavy atom. The fourth-order valence-corrected chi connectivity index (χ4v) is 1.78. The third-order valence-electron chi connectivity index (χ3n) is 3.05. The van der Waals surface area contributed by atoms with Crippen molar-refractivity contribution in [1.29, 1.82) is 0 Å². The highest BCUT2D eigenvalue weighted by atomic mass is 15.2. The van der Waals surface area contributed by atoms with E-state index in [1.165, 1.54) is 12.8 Å². The fraction of sp³-hybridized carbons (Fsp3) is 0.667. The van der Waals surface area contributed by atoms with Crippen LogP contribution in [0.2, 0.25) is 0 Å². The number of hydrogen-bond donors (Lipinski definition) is 1. The molecule has 3 heteroatoms. The van der Waals surface area contributed by atoms with Crippen molar-refractivity contribution in [3.05, 3.63) is 18.3 Å². The third kappa shape index (κ3) is 5.39. The molecule has 102 valence electrons. The number of rotatable bonds is 7. The van der Waals surface area contributed by atoms with Crippen LogP contribution in [0.4, 0.5) is 11.5 Å². The van der Waals surface area contributed by atoms with E-state index in [1.807, 2.05) is 12.1 Å². The van der Waals surface area contributed by atoms with Crippen LogP contribution in [-0.2, 0) is 0 Å². The topological polar surface area (TPSA) is 42.1 Å². The molecule has 0 bridgehead atoms. The number of aromatic nitrogens is 1. The summed E-state index contributed by atoms with van der Waals surface area (Å²) < 4.78 is 0. The highest BCUT2D eigenvalue weighted by molar-refractivity contribution is 5.50. The molecule has 1 aromatic heterocycles. The van der Waals surface area contributed by atoms with Crippen molar-refractivity contribution >= 4 is 11.5 Å². The predicted molar refractivity (Wildman–Crippen MR) is 79.8 cm³/mol. The van der Waals surface area contributed by atoms with Crippen LogP contribution in [0.5, 0.6) is 0 Å². The minimum absolute atomic E-state index is 0.715. The predicted octanol–water partition coefficient (Wildman–Crippen LogP) is 3.56. The first-order valence-electron chi connectivity index (χ1n) is 6.95. The lowest BCUT2D eigenvalue weighted by Gasteiger charge is -2.25. The maximum Gasteiger partial charge on any atom is 0.130 e. The van der Waals surface area contributed by atoms with Crippen LogP contribution < -0.4 is 10.6 Å². The van der Waals surface area contributed by atoms with E-state index in [0.717, 1.165) is 24.6 Å². The first-order valence-corrected chi connectivity index (χ1v) is 6.95. The third-order valence-corrected chi connectivity index (χ3v) is 3.05. The summed E-state index contributed by atoms with van der Waals surface area (Å²) in [6, 6.07) is 3.81. The molecule has 0 aliphatic carbocycles. The Bertz CT molecular complexity index is 335. The first kappa shape index (κ1) is 14.8. The smallest absolute Gasteiger partial charge is 0.130 e. The van der Waals surface area contributed by atoms with E-state index in [-0.39, 0.29) is 0 Å². The average Bonchev–Trinajstić information content (AvgIpc) is 2.28. The molecule has 18 heavy (non-hydrogen) atoms. The zero-order valence-electron chi connectivity index (χ0n) is 12.2. The quantitative estimate of drug-likeness (QED) is 0.803. The molecule has 0 saturated heterocycles. The second kappa shape index (κ2) is 7.24. The van der Waals surface area contributed by atoms with Gasteiger partial charge in [0.05, 0.1) is 0 Å². The molecular formula is C15H27N3. The fourth-order valence-electron chi connectivity index (χ4n) is 1.78. The monoisotopic (exact) mass is 249 g/mol. The number of pyridine rings is 1. The molecule has 3 nitrogen and oxygen atoms in total. The van der Waals surface area contributed by atoms with Crippen molar-refractivity contribution in [2.24, 2.45) is 11.8 Å². The van der Waals surface area contributed by atoms with Crippen molar-refractivity contribution in [1.82, 2.24) is 4.98 Å². The van der Waals surface area contributed by atoms with Gasteiger partial charge in [0, 0.05) is 31.0 Å². The van der Waals surface area contributed by atoms with Gasteiger partial charge >= 0.3 is 0 Å². The second-order valence-electron chi connectivity index (χ2n) is 5.80. The molecule has 0 unspecified atom stereocenters. The summed E-state index contributed by atoms with van der Waals surface area (Å²) >= 11 is 0. The lowest BCUT2D eigenvalue weighted by molar-refractivity contribution is 0.533. The van der Waals surface area contributed by atoms with E-state index in [0.29, 0.717) is 11.8 Å². The van der Waals surface area contributed by atoms with E-state index in [1.54, 1.807) is 6.20 Å². The van der Waals surface area contributed by atoms with Crippen LogP contribution in [0.3, 0.4) is 0 Å². The summed E-state index contributed by atoms with van der Waals surface area (Å²) in [5, 5.41) is 0. The van der Waals surface area contributed by atoms with E-state index in [2.05, 4.69) is 37.6 Å². The van der Waals surface area contributed by atoms with Gasteiger partial charge in [-0.2, -0.15) is 0 Å². The molecule has 0 saturated carbocycles. The van der Waals surface area contributed by atoms with Gasteiger partial charge in [-0.15, -0.1) is 0 Å². The molecule has 0 aromatic carbocycles. The van der Waals surface area contributed by atoms with Crippen molar-refractivity contribution in [2.75, 3.05) is 23.7 Å². The number of nitrogens with zero attached hydrogens (tertiary/aromatic N) is 2. The van der Waals surface area contributed by atoms with Crippen LogP contribution in [0.15, 0.2) is 18.3 Å². The highest BCUT2D eigenvalue weighted by Crippen LogP contribution is 2.17. The molecule has 1 aromatic rings. The molecule has 0 aliphatic rings. The van der Waals surface area contributed by atoms with Crippen LogP contribution in [-0.4, -0.2) is 18.1 Å². The second-order valence-corrected chi connectivity index (χ2v) is 5.80. The number of anilines is 2. The number of nitrogen functional groups attached to an aromatic ring is 1. The molecular weight excluding hydrogens is 222 g/mol. The standard InChI is InChI=1S/C15H27N3/c1-12(2)6-9-18(10-7-13(3)4)15-11-14(16)5-8-17-15/h5,8,11-13H,6-7,9-10H2,1-4H3,(H2,16,17). The largest absolute Gasteiger partial charge is 0.399 e. The molecule has 0 atom stereocenters. The Hall–Kier alpha value is -1.25. The highest BCUT2D eigenvalue weighted by Gasteiger charge is 2.09. The van der Waals surface area contributed by atoms with Crippen molar-refractivity contribution in [3.63, 3.8) is 0 Å². The van der Waals surface area contributed by atoms with Gasteiger partial charge in [-0.25, -0.2) is 4.98 Å². The van der Waals surface area contributed by atoms with Crippen LogP contribution >= 0.6 is 0 Å². The summed E-state index contributed by atoms with van der Waals surface area (Å²) in [5.74, 6) is 2.44. The van der Waals surface area contributed by atoms with Gasteiger partial charge in [0.1, 0.15) is 5.82 Å². The van der Waals surface area contributed by atoms with E-state index >= 15 is 0 Å². The lowest BCUT2D eigenvalue weighted by Crippen LogP contribution is -2.28. The molecule has 0 fully saturated rings. The summed E-state index contributed by atoms with van der Waals surface area (Å²) in [4.78, 5) is 6.80. The summed E-state index contributed by atoms with van der Waals surface area (Å²) in [7, 11) is 0. The van der Waals surface area contributed by atoms with Gasteiger partial charge in [-0.05, 0) is 30.7 Å². The minimum Gasteiger partial charge on any atom is -0.399 e. The maximum atomic E-state index is 5.84. The minimum atomic E-state index is 0.715. The van der Waals surface area contributed by atoms with Gasteiger partial charge in [0.15, 0.2) is 0 Å². The number of hydrogen-bond acceptors (Lipinski definition) is 3. The lowest BCUT2D eigenvalue weighted by atomic mass is 10.1. The SMILES string of the molecule is CC(C)CCN(CCC(C)C)c1cc(N)ccn1. The Kier molecular flexibility index (Phi) is 5.96. The zero-order valence-corrected chi connectivity index (χ0v) is 12.2.